The van der Waals surface area contributed by atoms with Crippen LogP contribution in [0, 0.1) is 17.8 Å². The van der Waals surface area contributed by atoms with Gasteiger partial charge in [0.05, 0.1) is 5.60 Å². The molecule has 1 heteroatoms. The van der Waals surface area contributed by atoms with Crippen LogP contribution in [0.25, 0.3) is 0 Å². The summed E-state index contributed by atoms with van der Waals surface area (Å²) in [6.45, 7) is 0. The molecule has 1 aromatic rings. The summed E-state index contributed by atoms with van der Waals surface area (Å²) in [5.74, 6) is 3.18. The molecule has 0 aliphatic heterocycles. The van der Waals surface area contributed by atoms with Gasteiger partial charge < -0.3 is 5.11 Å². The predicted octanol–water partition coefficient (Wildman–Crippen LogP) is 3.05. The second kappa shape index (κ2) is 2.61. The molecule has 3 saturated carbocycles. The molecule has 4 bridgehead atoms. The summed E-state index contributed by atoms with van der Waals surface area (Å²) in [5, 5.41) is 11.3. The molecule has 1 aromatic carbocycles. The molecule has 1 N–H and O–H groups in total. The summed E-state index contributed by atoms with van der Waals surface area (Å²) in [6.07, 6.45) is 5.20. The molecule has 17 heavy (non-hydrogen) atoms. The van der Waals surface area contributed by atoms with Crippen LogP contribution >= 0.6 is 0 Å². The van der Waals surface area contributed by atoms with Crippen molar-refractivity contribution in [3.8, 4) is 0 Å². The highest BCUT2D eigenvalue weighted by Gasteiger charge is 2.69. The van der Waals surface area contributed by atoms with Crippen LogP contribution in [0.15, 0.2) is 24.3 Å². The molecule has 0 amide bonds. The molecule has 1 unspecified atom stereocenters. The first-order valence-corrected chi connectivity index (χ1v) is 7.11. The largest absolute Gasteiger partial charge is 0.389 e. The van der Waals surface area contributed by atoms with Crippen LogP contribution in [-0.4, -0.2) is 10.7 Å². The summed E-state index contributed by atoms with van der Waals surface area (Å²) >= 11 is 0. The number of aliphatic hydroxyl groups is 1. The summed E-state index contributed by atoms with van der Waals surface area (Å²) in [7, 11) is 0. The van der Waals surface area contributed by atoms with Crippen molar-refractivity contribution in [2.75, 3.05) is 0 Å². The van der Waals surface area contributed by atoms with E-state index in [0.29, 0.717) is 23.7 Å². The van der Waals surface area contributed by atoms with Gasteiger partial charge in [-0.15, -0.1) is 0 Å². The third kappa shape index (κ3) is 0.807. The van der Waals surface area contributed by atoms with E-state index in [1.165, 1.54) is 31.2 Å². The van der Waals surface area contributed by atoms with Crippen molar-refractivity contribution in [1.82, 2.24) is 0 Å². The average molecular weight is 226 g/mol. The van der Waals surface area contributed by atoms with Crippen molar-refractivity contribution >= 4 is 0 Å². The van der Waals surface area contributed by atoms with Gasteiger partial charge in [-0.3, -0.25) is 0 Å². The Balaban J connectivity index is 1.75. The zero-order valence-electron chi connectivity index (χ0n) is 9.97. The lowest BCUT2D eigenvalue weighted by Crippen LogP contribution is -2.46. The number of benzene rings is 1. The van der Waals surface area contributed by atoms with E-state index in [2.05, 4.69) is 24.3 Å². The van der Waals surface area contributed by atoms with Crippen LogP contribution in [0.3, 0.4) is 0 Å². The minimum atomic E-state index is -0.318. The van der Waals surface area contributed by atoms with E-state index >= 15 is 0 Å². The maximum Gasteiger partial charge on any atom is 0.0780 e. The molecule has 88 valence electrons. The minimum Gasteiger partial charge on any atom is -0.389 e. The Bertz CT molecular complexity index is 508. The SMILES string of the molecule is O[C@@]12C([C@H]3CC[C@@H]1C3)[C@H]1C[C@@H]2c2ccccc21. The van der Waals surface area contributed by atoms with Gasteiger partial charge in [-0.1, -0.05) is 24.3 Å². The van der Waals surface area contributed by atoms with Crippen LogP contribution in [0.2, 0.25) is 0 Å². The van der Waals surface area contributed by atoms with E-state index < -0.39 is 0 Å². The molecule has 1 nitrogen and oxygen atoms in total. The van der Waals surface area contributed by atoms with Gasteiger partial charge in [-0.05, 0) is 60.5 Å². The summed E-state index contributed by atoms with van der Waals surface area (Å²) in [5.41, 5.74) is 2.73. The van der Waals surface area contributed by atoms with Gasteiger partial charge in [0.1, 0.15) is 0 Å². The molecule has 6 atom stereocenters. The Morgan fingerprint density at radius 2 is 1.88 bits per heavy atom. The number of fused-ring (bicyclic) bond motifs is 12. The summed E-state index contributed by atoms with van der Waals surface area (Å²) < 4.78 is 0. The Morgan fingerprint density at radius 3 is 2.76 bits per heavy atom. The number of hydrogen-bond acceptors (Lipinski definition) is 1. The Labute approximate surface area is 102 Å². The van der Waals surface area contributed by atoms with Gasteiger partial charge in [0.2, 0.25) is 0 Å². The van der Waals surface area contributed by atoms with Gasteiger partial charge in [0.25, 0.3) is 0 Å². The van der Waals surface area contributed by atoms with E-state index in [1.807, 2.05) is 0 Å². The monoisotopic (exact) mass is 226 g/mol. The predicted molar refractivity (Wildman–Crippen MR) is 65.8 cm³/mol. The van der Waals surface area contributed by atoms with E-state index in [-0.39, 0.29) is 5.60 Å². The van der Waals surface area contributed by atoms with Crippen LogP contribution in [-0.2, 0) is 0 Å². The highest BCUT2D eigenvalue weighted by molar-refractivity contribution is 5.47. The van der Waals surface area contributed by atoms with Gasteiger partial charge in [-0.2, -0.15) is 0 Å². The van der Waals surface area contributed by atoms with E-state index in [0.717, 1.165) is 5.92 Å². The first kappa shape index (κ1) is 9.16. The standard InChI is InChI=1S/C16H18O/c17-16-10-6-5-9(7-10)15(16)13-8-14(16)12-4-2-1-3-11(12)13/h1-4,9-10,13-15,17H,5-8H2/t9-,10+,13-,14+,15?,16-/m0/s1. The van der Waals surface area contributed by atoms with Gasteiger partial charge in [-0.25, -0.2) is 0 Å². The maximum atomic E-state index is 11.3. The van der Waals surface area contributed by atoms with Gasteiger partial charge >= 0.3 is 0 Å². The fourth-order valence-electron chi connectivity index (χ4n) is 6.03. The van der Waals surface area contributed by atoms with Crippen molar-refractivity contribution in [2.24, 2.45) is 17.8 Å². The normalized spacial score (nSPS) is 52.9. The Morgan fingerprint density at radius 1 is 1.06 bits per heavy atom. The highest BCUT2D eigenvalue weighted by atomic mass is 16.3. The number of rotatable bonds is 0. The molecule has 0 saturated heterocycles. The van der Waals surface area contributed by atoms with Gasteiger partial charge in [0, 0.05) is 5.92 Å². The zero-order valence-corrected chi connectivity index (χ0v) is 9.97. The molecule has 4 aliphatic carbocycles. The molecule has 4 aliphatic rings. The third-order valence-electron chi connectivity index (χ3n) is 6.42. The molecule has 0 spiro atoms. The fourth-order valence-corrected chi connectivity index (χ4v) is 6.03. The third-order valence-corrected chi connectivity index (χ3v) is 6.42. The second-order valence-corrected chi connectivity index (χ2v) is 6.71. The van der Waals surface area contributed by atoms with Crippen molar-refractivity contribution in [3.63, 3.8) is 0 Å². The molecule has 0 radical (unpaired) electrons. The van der Waals surface area contributed by atoms with Crippen molar-refractivity contribution in [3.05, 3.63) is 35.4 Å². The van der Waals surface area contributed by atoms with Crippen LogP contribution in [0.1, 0.15) is 48.6 Å². The Kier molecular flexibility index (Phi) is 1.41. The van der Waals surface area contributed by atoms with Crippen LogP contribution in [0.4, 0.5) is 0 Å². The fraction of sp³-hybridized carbons (Fsp3) is 0.625. The van der Waals surface area contributed by atoms with Crippen LogP contribution in [0.5, 0.6) is 0 Å². The maximum absolute atomic E-state index is 11.3. The number of hydrogen-bond donors (Lipinski definition) is 1. The smallest absolute Gasteiger partial charge is 0.0780 e. The van der Waals surface area contributed by atoms with Crippen LogP contribution < -0.4 is 0 Å². The van der Waals surface area contributed by atoms with Crippen molar-refractivity contribution in [1.29, 1.82) is 0 Å². The van der Waals surface area contributed by atoms with Crippen molar-refractivity contribution in [2.45, 2.75) is 43.1 Å². The lowest BCUT2D eigenvalue weighted by molar-refractivity contribution is -0.0612. The Hall–Kier alpha value is -0.820. The van der Waals surface area contributed by atoms with Crippen molar-refractivity contribution < 1.29 is 5.11 Å². The first-order valence-electron chi connectivity index (χ1n) is 7.11. The van der Waals surface area contributed by atoms with Gasteiger partial charge in [0.15, 0.2) is 0 Å². The van der Waals surface area contributed by atoms with E-state index in [4.69, 9.17) is 0 Å². The average Bonchev–Trinajstić information content (AvgIpc) is 3.04. The topological polar surface area (TPSA) is 20.2 Å². The molecule has 5 rings (SSSR count). The molecule has 0 heterocycles. The summed E-state index contributed by atoms with van der Waals surface area (Å²) in [4.78, 5) is 0. The lowest BCUT2D eigenvalue weighted by atomic mass is 9.65. The quantitative estimate of drug-likeness (QED) is 0.674. The molecular weight excluding hydrogens is 208 g/mol. The lowest BCUT2D eigenvalue weighted by Gasteiger charge is -2.43. The summed E-state index contributed by atoms with van der Waals surface area (Å²) in [6, 6.07) is 8.89. The molecular formula is C16H18O. The first-order chi connectivity index (χ1) is 8.30. The van der Waals surface area contributed by atoms with E-state index in [1.54, 1.807) is 5.56 Å². The second-order valence-electron chi connectivity index (χ2n) is 6.71. The zero-order chi connectivity index (χ0) is 11.2. The minimum absolute atomic E-state index is 0.318. The van der Waals surface area contributed by atoms with E-state index in [9.17, 15) is 5.11 Å². The molecule has 3 fully saturated rings. The highest BCUT2D eigenvalue weighted by Crippen LogP contribution is 2.73. The molecule has 0 aromatic heterocycles.